The number of fused-ring (bicyclic) bond motifs is 1. The van der Waals surface area contributed by atoms with Gasteiger partial charge in [-0.15, -0.1) is 0 Å². The van der Waals surface area contributed by atoms with Crippen molar-refractivity contribution in [1.29, 1.82) is 0 Å². The molecular formula is C41H60CaN2O10. The van der Waals surface area contributed by atoms with E-state index in [0.29, 0.717) is 38.9 Å². The van der Waals surface area contributed by atoms with Gasteiger partial charge >= 0.3 is 23.9 Å². The van der Waals surface area contributed by atoms with Crippen LogP contribution in [0.5, 0.6) is 0 Å². The van der Waals surface area contributed by atoms with Gasteiger partial charge in [0.1, 0.15) is 12.1 Å². The van der Waals surface area contributed by atoms with Gasteiger partial charge in [-0.1, -0.05) is 67.4 Å². The molecule has 0 saturated heterocycles. The minimum Gasteiger partial charge on any atom is -0.481 e. The third kappa shape index (κ3) is 16.8. The van der Waals surface area contributed by atoms with Gasteiger partial charge in [0.15, 0.2) is 0 Å². The molecule has 3 atom stereocenters. The van der Waals surface area contributed by atoms with Crippen LogP contribution in [-0.4, -0.2) is 126 Å². The van der Waals surface area contributed by atoms with E-state index in [4.69, 9.17) is 19.7 Å². The molecule has 296 valence electrons. The van der Waals surface area contributed by atoms with Gasteiger partial charge in [-0.2, -0.15) is 0 Å². The molecule has 2 aromatic carbocycles. The van der Waals surface area contributed by atoms with Gasteiger partial charge in [-0.05, 0) is 96.8 Å². The van der Waals surface area contributed by atoms with Crippen LogP contribution in [0, 0.1) is 10.8 Å². The van der Waals surface area contributed by atoms with E-state index in [9.17, 15) is 29.1 Å². The maximum Gasteiger partial charge on any atom is 0.326 e. The van der Waals surface area contributed by atoms with Gasteiger partial charge in [0.2, 0.25) is 5.91 Å². The monoisotopic (exact) mass is 780 g/mol. The van der Waals surface area contributed by atoms with Crippen LogP contribution in [0.3, 0.4) is 0 Å². The summed E-state index contributed by atoms with van der Waals surface area (Å²) >= 11 is 0. The average molecular weight is 781 g/mol. The Balaban J connectivity index is 0.000000581. The molecule has 0 fully saturated rings. The molecular weight excluding hydrogens is 721 g/mol. The molecule has 54 heavy (non-hydrogen) atoms. The van der Waals surface area contributed by atoms with Crippen molar-refractivity contribution in [2.24, 2.45) is 10.8 Å². The Morgan fingerprint density at radius 1 is 0.815 bits per heavy atom. The Kier molecular flexibility index (Phi) is 22.2. The largest absolute Gasteiger partial charge is 0.481 e. The molecule has 0 unspecified atom stereocenters. The number of carbonyl (C=O) groups excluding carboxylic acids is 2. The fraction of sp³-hybridized carbons (Fsp3) is 0.585. The van der Waals surface area contributed by atoms with Crippen LogP contribution >= 0.6 is 0 Å². The van der Waals surface area contributed by atoms with Crippen molar-refractivity contribution < 1.29 is 48.8 Å². The Morgan fingerprint density at radius 3 is 1.83 bits per heavy atom. The minimum absolute atomic E-state index is 0. The molecule has 0 aliphatic carbocycles. The third-order valence-electron chi connectivity index (χ3n) is 9.61. The maximum atomic E-state index is 13.3. The first kappa shape index (κ1) is 49.0. The summed E-state index contributed by atoms with van der Waals surface area (Å²) in [5, 5.41) is 30.8. The van der Waals surface area contributed by atoms with E-state index in [2.05, 4.69) is 5.32 Å². The number of hydrogen-bond donors (Lipinski definition) is 4. The second kappa shape index (κ2) is 24.5. The maximum absolute atomic E-state index is 13.3. The summed E-state index contributed by atoms with van der Waals surface area (Å²) in [5.74, 6) is -3.32. The van der Waals surface area contributed by atoms with Crippen LogP contribution in [0.15, 0.2) is 54.6 Å². The standard InChI is InChI=1S/C25H30N2O5.C16H30O5.Ca/c1-3-32-25(31)21(14-13-18-9-5-4-6-10-18)26-17(2)23(28)27-16-20-12-8-7-11-19(20)15-22(27)24(29)30;1-15(2,13(17)18)9-5-7-11-21-12-8-6-10-16(3,4)14(19)20;/h4-12,17,21-22,26H,3,13-16H2,1-2H3,(H,29,30);5-12H2,1-4H3,(H,17,18)(H,19,20);/t17-,21-,22-;;/m0../s1. The van der Waals surface area contributed by atoms with Gasteiger partial charge in [0.05, 0.1) is 23.5 Å². The molecule has 0 bridgehead atoms. The fourth-order valence-electron chi connectivity index (χ4n) is 5.92. The smallest absolute Gasteiger partial charge is 0.326 e. The van der Waals surface area contributed by atoms with E-state index in [0.717, 1.165) is 42.4 Å². The number of benzene rings is 2. The Labute approximate surface area is 350 Å². The van der Waals surface area contributed by atoms with E-state index in [-0.39, 0.29) is 63.2 Å². The van der Waals surface area contributed by atoms with Crippen molar-refractivity contribution in [1.82, 2.24) is 10.2 Å². The third-order valence-corrected chi connectivity index (χ3v) is 9.61. The molecule has 0 aromatic heterocycles. The van der Waals surface area contributed by atoms with Crippen LogP contribution < -0.4 is 5.32 Å². The van der Waals surface area contributed by atoms with Gasteiger partial charge in [-0.25, -0.2) is 4.79 Å². The van der Waals surface area contributed by atoms with Crippen LogP contribution in [0.2, 0.25) is 0 Å². The molecule has 0 spiro atoms. The summed E-state index contributed by atoms with van der Waals surface area (Å²) in [5.41, 5.74) is 1.64. The average Bonchev–Trinajstić information content (AvgIpc) is 3.12. The van der Waals surface area contributed by atoms with Crippen LogP contribution in [0.4, 0.5) is 0 Å². The second-order valence-corrected chi connectivity index (χ2v) is 14.9. The summed E-state index contributed by atoms with van der Waals surface area (Å²) in [7, 11) is 0. The normalized spacial score (nSPS) is 15.0. The Hall–Kier alpha value is -3.03. The van der Waals surface area contributed by atoms with Crippen molar-refractivity contribution in [2.75, 3.05) is 19.8 Å². The molecule has 3 rings (SSSR count). The molecule has 13 heteroatoms. The first-order chi connectivity index (χ1) is 25.0. The number of carboxylic acids is 3. The zero-order valence-electron chi connectivity index (χ0n) is 33.0. The number of esters is 1. The summed E-state index contributed by atoms with van der Waals surface area (Å²) < 4.78 is 10.7. The topological polar surface area (TPSA) is 180 Å². The number of amides is 1. The number of rotatable bonds is 21. The number of aliphatic carboxylic acids is 3. The van der Waals surface area contributed by atoms with Crippen molar-refractivity contribution in [3.8, 4) is 0 Å². The number of aryl methyl sites for hydroxylation is 1. The molecule has 1 aliphatic rings. The van der Waals surface area contributed by atoms with Crippen molar-refractivity contribution >= 4 is 67.5 Å². The first-order valence-corrected chi connectivity index (χ1v) is 18.6. The number of ether oxygens (including phenoxy) is 2. The molecule has 1 aliphatic heterocycles. The number of carbonyl (C=O) groups is 5. The van der Waals surface area contributed by atoms with Crippen molar-refractivity contribution in [3.05, 3.63) is 71.3 Å². The molecule has 4 N–H and O–H groups in total. The number of nitrogens with one attached hydrogen (secondary N) is 1. The fourth-order valence-corrected chi connectivity index (χ4v) is 5.92. The number of carboxylic acid groups (broad SMARTS) is 3. The summed E-state index contributed by atoms with van der Waals surface area (Å²) in [6, 6.07) is 15.0. The van der Waals surface area contributed by atoms with Crippen molar-refractivity contribution in [3.63, 3.8) is 0 Å². The zero-order valence-corrected chi connectivity index (χ0v) is 35.2. The zero-order chi connectivity index (χ0) is 39.6. The van der Waals surface area contributed by atoms with Crippen LogP contribution in [0.25, 0.3) is 0 Å². The predicted molar refractivity (Wildman–Crippen MR) is 207 cm³/mol. The van der Waals surface area contributed by atoms with E-state index in [1.807, 2.05) is 54.6 Å². The van der Waals surface area contributed by atoms with Gasteiger partial charge in [0.25, 0.3) is 0 Å². The summed E-state index contributed by atoms with van der Waals surface area (Å²) in [6.07, 6.45) is 6.07. The predicted octanol–water partition coefficient (Wildman–Crippen LogP) is 5.75. The number of hydrogen-bond acceptors (Lipinski definition) is 8. The molecule has 12 nitrogen and oxygen atoms in total. The molecule has 1 amide bonds. The second-order valence-electron chi connectivity index (χ2n) is 14.9. The first-order valence-electron chi connectivity index (χ1n) is 18.6. The quantitative estimate of drug-likeness (QED) is 0.0689. The summed E-state index contributed by atoms with van der Waals surface area (Å²) in [6.45, 7) is 12.1. The summed E-state index contributed by atoms with van der Waals surface area (Å²) in [4.78, 5) is 60.9. The molecule has 2 radical (unpaired) electrons. The Morgan fingerprint density at radius 2 is 1.33 bits per heavy atom. The van der Waals surface area contributed by atoms with E-state index in [1.165, 1.54) is 4.90 Å². The molecule has 0 saturated carbocycles. The van der Waals surface area contributed by atoms with Gasteiger partial charge in [0, 0.05) is 63.9 Å². The van der Waals surface area contributed by atoms with Crippen molar-refractivity contribution in [2.45, 2.75) is 124 Å². The number of nitrogens with zero attached hydrogens (tertiary/aromatic N) is 1. The molecule has 1 heterocycles. The van der Waals surface area contributed by atoms with Gasteiger partial charge < -0.3 is 29.7 Å². The van der Waals surface area contributed by atoms with E-state index >= 15 is 0 Å². The van der Waals surface area contributed by atoms with Crippen LogP contribution in [0.1, 0.15) is 103 Å². The SMILES string of the molecule is CC(C)(CCCCOCCCCC(C)(C)C(=O)O)C(=O)O.CCOC(=O)[C@H](CCc1ccccc1)N[C@@H](C)C(=O)N1Cc2ccccc2C[C@H]1C(=O)O.[Ca]. The number of unbranched alkanes of at least 4 members (excludes halogenated alkanes) is 2. The van der Waals surface area contributed by atoms with Gasteiger partial charge in [-0.3, -0.25) is 24.5 Å². The molecule has 2 aromatic rings. The Bertz CT molecular complexity index is 1450. The van der Waals surface area contributed by atoms with Crippen LogP contribution in [-0.2, 0) is 52.8 Å². The van der Waals surface area contributed by atoms with E-state index < -0.39 is 52.8 Å². The van der Waals surface area contributed by atoms with E-state index in [1.54, 1.807) is 41.5 Å². The minimum atomic E-state index is -1.04.